The van der Waals surface area contributed by atoms with Crippen LogP contribution < -0.4 is 10.6 Å². The van der Waals surface area contributed by atoms with Gasteiger partial charge in [-0.05, 0) is 47.0 Å². The van der Waals surface area contributed by atoms with Crippen LogP contribution in [-0.4, -0.2) is 39.3 Å². The topological polar surface area (TPSA) is 73.8 Å². The molecule has 1 aromatic carbocycles. The van der Waals surface area contributed by atoms with Crippen LogP contribution in [0.1, 0.15) is 18.1 Å². The minimum absolute atomic E-state index is 0.291. The molecule has 1 heterocycles. The van der Waals surface area contributed by atoms with Crippen molar-refractivity contribution in [2.24, 2.45) is 4.99 Å². The average Bonchev–Trinajstić information content (AvgIpc) is 3.11. The number of hydrogen-bond donors (Lipinski definition) is 2. The molecule has 8 heteroatoms. The van der Waals surface area contributed by atoms with E-state index in [1.54, 1.807) is 23.5 Å². The number of guanidine groups is 1. The summed E-state index contributed by atoms with van der Waals surface area (Å²) in [6.45, 7) is 3.98. The zero-order chi connectivity index (χ0) is 18.3. The molecule has 0 unspecified atom stereocenters. The van der Waals surface area contributed by atoms with Crippen molar-refractivity contribution < 1.29 is 8.42 Å². The molecule has 1 aromatic heterocycles. The van der Waals surface area contributed by atoms with Gasteiger partial charge in [-0.2, -0.15) is 11.3 Å². The maximum atomic E-state index is 12.1. The molecule has 0 atom stereocenters. The minimum Gasteiger partial charge on any atom is -0.357 e. The molecular weight excluding hydrogens is 356 g/mol. The SMILES string of the molecule is CCNC(=NCc1ccsc1)NCc1ccc(S(=O)(=O)N(C)C)cc1. The molecule has 2 rings (SSSR count). The molecule has 2 aromatic rings. The average molecular weight is 381 g/mol. The number of aliphatic imine (C=N–C) groups is 1. The molecule has 0 aliphatic carbocycles. The summed E-state index contributed by atoms with van der Waals surface area (Å²) in [5.74, 6) is 0.735. The summed E-state index contributed by atoms with van der Waals surface area (Å²) in [5, 5.41) is 10.6. The molecular formula is C17H24N4O2S2. The van der Waals surface area contributed by atoms with Crippen LogP contribution in [0, 0.1) is 0 Å². The highest BCUT2D eigenvalue weighted by molar-refractivity contribution is 7.89. The van der Waals surface area contributed by atoms with E-state index < -0.39 is 10.0 Å². The van der Waals surface area contributed by atoms with Gasteiger partial charge in [-0.15, -0.1) is 0 Å². The van der Waals surface area contributed by atoms with E-state index in [4.69, 9.17) is 0 Å². The highest BCUT2D eigenvalue weighted by atomic mass is 32.2. The first kappa shape index (κ1) is 19.4. The second-order valence-electron chi connectivity index (χ2n) is 5.61. The molecule has 6 nitrogen and oxygen atoms in total. The number of sulfonamides is 1. The van der Waals surface area contributed by atoms with Gasteiger partial charge in [0.2, 0.25) is 10.0 Å². The fourth-order valence-corrected chi connectivity index (χ4v) is 3.63. The lowest BCUT2D eigenvalue weighted by atomic mass is 10.2. The van der Waals surface area contributed by atoms with Crippen LogP contribution in [0.4, 0.5) is 0 Å². The monoisotopic (exact) mass is 380 g/mol. The predicted molar refractivity (Wildman–Crippen MR) is 103 cm³/mol. The van der Waals surface area contributed by atoms with Crippen LogP contribution in [0.2, 0.25) is 0 Å². The molecule has 2 N–H and O–H groups in total. The molecule has 0 saturated heterocycles. The summed E-state index contributed by atoms with van der Waals surface area (Å²) in [7, 11) is -0.339. The second-order valence-corrected chi connectivity index (χ2v) is 8.54. The Bertz CT molecular complexity index is 783. The molecule has 0 amide bonds. The van der Waals surface area contributed by atoms with Gasteiger partial charge in [0.25, 0.3) is 0 Å². The van der Waals surface area contributed by atoms with Crippen molar-refractivity contribution in [2.75, 3.05) is 20.6 Å². The Morgan fingerprint density at radius 1 is 1.12 bits per heavy atom. The van der Waals surface area contributed by atoms with Gasteiger partial charge < -0.3 is 10.6 Å². The van der Waals surface area contributed by atoms with Gasteiger partial charge in [0.1, 0.15) is 0 Å². The number of nitrogens with one attached hydrogen (secondary N) is 2. The highest BCUT2D eigenvalue weighted by Gasteiger charge is 2.16. The number of benzene rings is 1. The largest absolute Gasteiger partial charge is 0.357 e. The fraction of sp³-hybridized carbons (Fsp3) is 0.353. The molecule has 0 saturated carbocycles. The van der Waals surface area contributed by atoms with Gasteiger partial charge in [-0.25, -0.2) is 17.7 Å². The Hall–Kier alpha value is -1.90. The van der Waals surface area contributed by atoms with Crippen LogP contribution in [0.5, 0.6) is 0 Å². The van der Waals surface area contributed by atoms with Gasteiger partial charge in [0.05, 0.1) is 11.4 Å². The summed E-state index contributed by atoms with van der Waals surface area (Å²) in [6, 6.07) is 8.93. The first-order chi connectivity index (χ1) is 11.9. The van der Waals surface area contributed by atoms with Crippen LogP contribution in [0.15, 0.2) is 51.0 Å². The maximum Gasteiger partial charge on any atom is 0.242 e. The molecule has 136 valence electrons. The van der Waals surface area contributed by atoms with Crippen LogP contribution in [0.3, 0.4) is 0 Å². The summed E-state index contributed by atoms with van der Waals surface area (Å²) in [6.07, 6.45) is 0. The predicted octanol–water partition coefficient (Wildman–Crippen LogP) is 2.25. The smallest absolute Gasteiger partial charge is 0.242 e. The first-order valence-electron chi connectivity index (χ1n) is 7.98. The lowest BCUT2D eigenvalue weighted by Gasteiger charge is -2.13. The van der Waals surface area contributed by atoms with Crippen molar-refractivity contribution in [3.05, 3.63) is 52.2 Å². The number of hydrogen-bond acceptors (Lipinski definition) is 4. The van der Waals surface area contributed by atoms with Crippen molar-refractivity contribution in [2.45, 2.75) is 24.9 Å². The van der Waals surface area contributed by atoms with E-state index in [9.17, 15) is 8.42 Å². The Morgan fingerprint density at radius 3 is 2.40 bits per heavy atom. The molecule has 0 bridgehead atoms. The third-order valence-electron chi connectivity index (χ3n) is 3.51. The van der Waals surface area contributed by atoms with Gasteiger partial charge in [0, 0.05) is 27.2 Å². The van der Waals surface area contributed by atoms with E-state index in [1.165, 1.54) is 24.0 Å². The summed E-state index contributed by atoms with van der Waals surface area (Å²) < 4.78 is 25.4. The van der Waals surface area contributed by atoms with Crippen LogP contribution in [0.25, 0.3) is 0 Å². The summed E-state index contributed by atoms with van der Waals surface area (Å²) >= 11 is 1.66. The Kier molecular flexibility index (Phi) is 6.98. The van der Waals surface area contributed by atoms with Gasteiger partial charge in [-0.1, -0.05) is 12.1 Å². The van der Waals surface area contributed by atoms with E-state index in [0.29, 0.717) is 18.0 Å². The normalized spacial score (nSPS) is 12.4. The lowest BCUT2D eigenvalue weighted by Crippen LogP contribution is -2.36. The van der Waals surface area contributed by atoms with E-state index >= 15 is 0 Å². The maximum absolute atomic E-state index is 12.1. The summed E-state index contributed by atoms with van der Waals surface area (Å²) in [4.78, 5) is 4.84. The van der Waals surface area contributed by atoms with E-state index in [-0.39, 0.29) is 0 Å². The van der Waals surface area contributed by atoms with Gasteiger partial charge in [-0.3, -0.25) is 0 Å². The van der Waals surface area contributed by atoms with Crippen LogP contribution >= 0.6 is 11.3 Å². The molecule has 0 spiro atoms. The van der Waals surface area contributed by atoms with E-state index in [1.807, 2.05) is 24.4 Å². The molecule has 25 heavy (non-hydrogen) atoms. The van der Waals surface area contributed by atoms with Crippen LogP contribution in [-0.2, 0) is 23.1 Å². The zero-order valence-corrected chi connectivity index (χ0v) is 16.3. The Labute approximate surface area is 153 Å². The van der Waals surface area contributed by atoms with Crippen molar-refractivity contribution in [1.29, 1.82) is 0 Å². The van der Waals surface area contributed by atoms with Crippen molar-refractivity contribution in [1.82, 2.24) is 14.9 Å². The zero-order valence-electron chi connectivity index (χ0n) is 14.7. The Balaban J connectivity index is 1.99. The second kappa shape index (κ2) is 8.98. The lowest BCUT2D eigenvalue weighted by molar-refractivity contribution is 0.520. The Morgan fingerprint density at radius 2 is 1.84 bits per heavy atom. The summed E-state index contributed by atoms with van der Waals surface area (Å²) in [5.41, 5.74) is 2.17. The number of thiophene rings is 1. The van der Waals surface area contributed by atoms with Gasteiger partial charge in [0.15, 0.2) is 5.96 Å². The van der Waals surface area contributed by atoms with Crippen molar-refractivity contribution in [3.63, 3.8) is 0 Å². The van der Waals surface area contributed by atoms with E-state index in [2.05, 4.69) is 27.1 Å². The third kappa shape index (κ3) is 5.55. The third-order valence-corrected chi connectivity index (χ3v) is 6.07. The molecule has 0 aliphatic rings. The quantitative estimate of drug-likeness (QED) is 0.571. The molecule has 0 radical (unpaired) electrons. The highest BCUT2D eigenvalue weighted by Crippen LogP contribution is 2.14. The van der Waals surface area contributed by atoms with Crippen molar-refractivity contribution in [3.8, 4) is 0 Å². The number of rotatable bonds is 7. The fourth-order valence-electron chi connectivity index (χ4n) is 2.07. The molecule has 0 fully saturated rings. The van der Waals surface area contributed by atoms with Crippen molar-refractivity contribution >= 4 is 27.3 Å². The van der Waals surface area contributed by atoms with E-state index in [0.717, 1.165) is 18.1 Å². The minimum atomic E-state index is -3.39. The first-order valence-corrected chi connectivity index (χ1v) is 10.4. The molecule has 0 aliphatic heterocycles. The number of nitrogens with zero attached hydrogens (tertiary/aromatic N) is 2. The van der Waals surface area contributed by atoms with Gasteiger partial charge >= 0.3 is 0 Å². The standard InChI is InChI=1S/C17H24N4O2S2/c1-4-18-17(20-12-15-9-10-24-13-15)19-11-14-5-7-16(8-6-14)25(22,23)21(2)3/h5-10,13H,4,11-12H2,1-3H3,(H2,18,19,20).